The molecule has 0 aliphatic carbocycles. The summed E-state index contributed by atoms with van der Waals surface area (Å²) in [6.45, 7) is 0.491. The molecule has 2 aromatic carbocycles. The molecule has 1 amide bonds. The summed E-state index contributed by atoms with van der Waals surface area (Å²) in [6, 6.07) is 13.0. The minimum atomic E-state index is -0.130. The van der Waals surface area contributed by atoms with Gasteiger partial charge in [0.2, 0.25) is 0 Å². The van der Waals surface area contributed by atoms with Crippen LogP contribution in [0, 0.1) is 0 Å². The zero-order valence-electron chi connectivity index (χ0n) is 15.6. The van der Waals surface area contributed by atoms with Crippen molar-refractivity contribution in [2.75, 3.05) is 24.4 Å². The second-order valence-electron chi connectivity index (χ2n) is 7.02. The Morgan fingerprint density at radius 1 is 1.31 bits per heavy atom. The van der Waals surface area contributed by atoms with Crippen LogP contribution in [0.5, 0.6) is 11.5 Å². The van der Waals surface area contributed by atoms with Gasteiger partial charge in [-0.1, -0.05) is 0 Å². The van der Waals surface area contributed by atoms with Gasteiger partial charge in [0.25, 0.3) is 0 Å². The molecule has 0 bridgehead atoms. The molecule has 1 aliphatic rings. The number of phenolic OH excluding ortho intramolecular Hbond substituents is 1. The zero-order chi connectivity index (χ0) is 20.1. The maximum absolute atomic E-state index is 13.4. The second kappa shape index (κ2) is 7.06. The van der Waals surface area contributed by atoms with Crippen LogP contribution in [0.4, 0.5) is 5.69 Å². The average Bonchev–Trinajstić information content (AvgIpc) is 3.34. The van der Waals surface area contributed by atoms with Crippen LogP contribution >= 0.6 is 11.6 Å². The Morgan fingerprint density at radius 2 is 2.17 bits per heavy atom. The molecule has 0 spiro atoms. The van der Waals surface area contributed by atoms with E-state index in [0.29, 0.717) is 18.2 Å². The fourth-order valence-electron chi connectivity index (χ4n) is 4.01. The Kier molecular flexibility index (Phi) is 4.50. The molecule has 146 valence electrons. The number of anilines is 1. The van der Waals surface area contributed by atoms with Crippen LogP contribution in [-0.2, 0) is 0 Å². The van der Waals surface area contributed by atoms with E-state index in [1.165, 1.54) is 0 Å². The number of hydrogen-bond acceptors (Lipinski definition) is 4. The number of pyridine rings is 1. The third-order valence-corrected chi connectivity index (χ3v) is 7.95. The predicted octanol–water partition coefficient (Wildman–Crippen LogP) is 4.14. The van der Waals surface area contributed by atoms with Crippen LogP contribution in [0.2, 0.25) is 0 Å². The van der Waals surface area contributed by atoms with Crippen LogP contribution < -0.4 is 9.64 Å². The van der Waals surface area contributed by atoms with Gasteiger partial charge in [0.1, 0.15) is 0 Å². The van der Waals surface area contributed by atoms with Gasteiger partial charge in [-0.15, -0.1) is 0 Å². The van der Waals surface area contributed by atoms with Crippen molar-refractivity contribution in [3.8, 4) is 11.5 Å². The van der Waals surface area contributed by atoms with Gasteiger partial charge < -0.3 is 0 Å². The quantitative estimate of drug-likeness (QED) is 0.360. The van der Waals surface area contributed by atoms with Crippen molar-refractivity contribution in [2.45, 2.75) is 5.92 Å². The molecule has 5 nitrogen and oxygen atoms in total. The van der Waals surface area contributed by atoms with E-state index in [1.807, 2.05) is 36.4 Å². The van der Waals surface area contributed by atoms with Crippen molar-refractivity contribution >= 4 is 58.2 Å². The number of methoxy groups -OCH3 is 1. The van der Waals surface area contributed by atoms with Gasteiger partial charge in [-0.2, -0.15) is 0 Å². The second-order valence-corrected chi connectivity index (χ2v) is 9.49. The molecule has 4 aromatic rings. The Hall–Kier alpha value is -2.53. The van der Waals surface area contributed by atoms with E-state index in [9.17, 15) is 9.90 Å². The van der Waals surface area contributed by atoms with E-state index >= 15 is 0 Å². The first-order chi connectivity index (χ1) is 14.1. The van der Waals surface area contributed by atoms with Crippen molar-refractivity contribution in [3.05, 3.63) is 58.7 Å². The Morgan fingerprint density at radius 3 is 2.93 bits per heavy atom. The molecule has 0 unspecified atom stereocenters. The average molecular weight is 472 g/mol. The van der Waals surface area contributed by atoms with E-state index in [0.717, 1.165) is 36.2 Å². The van der Waals surface area contributed by atoms with Gasteiger partial charge in [-0.3, -0.25) is 0 Å². The molecule has 7 heteroatoms. The van der Waals surface area contributed by atoms with Gasteiger partial charge in [-0.25, -0.2) is 0 Å². The molecule has 0 saturated carbocycles. The van der Waals surface area contributed by atoms with Crippen molar-refractivity contribution in [2.24, 2.45) is 0 Å². The number of aromatic nitrogens is 1. The zero-order valence-corrected chi connectivity index (χ0v) is 18.0. The summed E-state index contributed by atoms with van der Waals surface area (Å²) in [4.78, 5) is 19.6. The van der Waals surface area contributed by atoms with Gasteiger partial charge in [0.05, 0.1) is 0 Å². The molecular weight excluding hydrogens is 455 g/mol. The van der Waals surface area contributed by atoms with Crippen molar-refractivity contribution in [1.29, 1.82) is 0 Å². The van der Waals surface area contributed by atoms with Crippen LogP contribution in [0.3, 0.4) is 0 Å². The number of phenols is 1. The van der Waals surface area contributed by atoms with Crippen LogP contribution in [-0.4, -0.2) is 50.0 Å². The number of benzene rings is 2. The van der Waals surface area contributed by atoms with Crippen LogP contribution in [0.25, 0.3) is 20.5 Å². The van der Waals surface area contributed by atoms with E-state index in [2.05, 4.69) is 4.98 Å². The number of aromatic hydroxyl groups is 1. The van der Waals surface area contributed by atoms with Crippen LogP contribution in [0.15, 0.2) is 48.7 Å². The number of nitrogens with zero attached hydrogens (tertiary/aromatic N) is 2. The van der Waals surface area contributed by atoms with E-state index in [4.69, 9.17) is 16.3 Å². The third-order valence-electron chi connectivity index (χ3n) is 5.38. The van der Waals surface area contributed by atoms with Gasteiger partial charge >= 0.3 is 178 Å². The van der Waals surface area contributed by atoms with Crippen molar-refractivity contribution in [3.63, 3.8) is 0 Å². The molecule has 0 fully saturated rings. The van der Waals surface area contributed by atoms with Gasteiger partial charge in [0, 0.05) is 0 Å². The fraction of sp³-hybridized carbons (Fsp3) is 0.182. The molecule has 3 heterocycles. The Bertz CT molecular complexity index is 1240. The van der Waals surface area contributed by atoms with E-state index < -0.39 is 0 Å². The summed E-state index contributed by atoms with van der Waals surface area (Å²) in [5, 5.41) is 13.2. The number of carbonyl (C=O) groups is 1. The van der Waals surface area contributed by atoms with Crippen molar-refractivity contribution < 1.29 is 14.6 Å². The minimum absolute atomic E-state index is 0.0131. The van der Waals surface area contributed by atoms with E-state index in [-0.39, 0.29) is 32.1 Å². The molecule has 1 atom stereocenters. The Balaban J connectivity index is 1.67. The van der Waals surface area contributed by atoms with Crippen LogP contribution in [0.1, 0.15) is 20.7 Å². The first-order valence-electron chi connectivity index (χ1n) is 9.16. The number of fused-ring (bicyclic) bond motifs is 4. The first kappa shape index (κ1) is 18.5. The molecule has 5 rings (SSSR count). The maximum atomic E-state index is 13.4. The summed E-state index contributed by atoms with van der Waals surface area (Å²) in [5.74, 6) is 1.18. The molecular formula is C22H17ClN2O3Se. The number of carbonyl (C=O) groups excluding carboxylic acids is 1. The SMILES string of the molecule is COc1ccc2c(O)cc3c(c2c1)[C@H](CCl)CN3C(=O)c1cc2cccnc2[se]1. The molecule has 0 radical (unpaired) electrons. The summed E-state index contributed by atoms with van der Waals surface area (Å²) in [6.07, 6.45) is 1.76. The number of alkyl halides is 1. The monoisotopic (exact) mass is 472 g/mol. The van der Waals surface area contributed by atoms with Crippen molar-refractivity contribution in [1.82, 2.24) is 4.98 Å². The summed E-state index contributed by atoms with van der Waals surface area (Å²) >= 11 is 6.17. The standard InChI is InChI=1S/C22H17ClN2O3Se/c1-28-14-4-5-15-16(8-14)20-13(10-23)11-25(17(20)9-18(15)26)22(27)19-7-12-3-2-6-24-21(12)29-19/h2-9,13,26H,10-11H2,1H3/t13-/m1/s1. The molecule has 2 aromatic heterocycles. The summed E-state index contributed by atoms with van der Waals surface area (Å²) in [7, 11) is 1.61. The predicted molar refractivity (Wildman–Crippen MR) is 116 cm³/mol. The van der Waals surface area contributed by atoms with Gasteiger partial charge in [0.15, 0.2) is 0 Å². The number of halogens is 1. The normalized spacial score (nSPS) is 15.8. The first-order valence-corrected chi connectivity index (χ1v) is 11.4. The molecule has 1 aliphatic heterocycles. The summed E-state index contributed by atoms with van der Waals surface area (Å²) in [5.41, 5.74) is 1.71. The molecule has 1 N–H and O–H groups in total. The number of ether oxygens (including phenoxy) is 1. The number of rotatable bonds is 3. The Labute approximate surface area is 178 Å². The fourth-order valence-corrected chi connectivity index (χ4v) is 6.26. The third kappa shape index (κ3) is 2.91. The number of hydrogen-bond donors (Lipinski definition) is 1. The number of amides is 1. The van der Waals surface area contributed by atoms with Gasteiger partial charge in [-0.05, 0) is 0 Å². The topological polar surface area (TPSA) is 62.7 Å². The summed E-state index contributed by atoms with van der Waals surface area (Å²) < 4.78 is 7.11. The van der Waals surface area contributed by atoms with E-state index in [1.54, 1.807) is 24.3 Å². The molecule has 0 saturated heterocycles. The molecule has 29 heavy (non-hydrogen) atoms.